The molecule has 1 heterocycles. The molecule has 2 rings (SSSR count). The third-order valence-corrected chi connectivity index (χ3v) is 4.50. The molecule has 0 radical (unpaired) electrons. The van der Waals surface area contributed by atoms with Gasteiger partial charge in [-0.25, -0.2) is 13.6 Å². The van der Waals surface area contributed by atoms with E-state index in [0.29, 0.717) is 6.54 Å². The number of H-pyrrole nitrogens is 1. The summed E-state index contributed by atoms with van der Waals surface area (Å²) in [6.07, 6.45) is 0. The molecule has 0 aliphatic carbocycles. The molecule has 0 bridgehead atoms. The zero-order chi connectivity index (χ0) is 15.6. The fraction of sp³-hybridized carbons (Fsp3) is 0.357. The van der Waals surface area contributed by atoms with E-state index in [-0.39, 0.29) is 10.9 Å². The molecule has 6 nitrogen and oxygen atoms in total. The fourth-order valence-electron chi connectivity index (χ4n) is 2.15. The van der Waals surface area contributed by atoms with Crippen LogP contribution < -0.4 is 10.5 Å². The van der Waals surface area contributed by atoms with E-state index >= 15 is 0 Å². The number of primary sulfonamides is 1. The van der Waals surface area contributed by atoms with Crippen LogP contribution >= 0.6 is 0 Å². The summed E-state index contributed by atoms with van der Waals surface area (Å²) < 4.78 is 22.4. The van der Waals surface area contributed by atoms with Gasteiger partial charge in [-0.2, -0.15) is 5.10 Å². The van der Waals surface area contributed by atoms with Gasteiger partial charge in [-0.3, -0.25) is 5.10 Å². The summed E-state index contributed by atoms with van der Waals surface area (Å²) in [5.74, 6) is 0. The highest BCUT2D eigenvalue weighted by Crippen LogP contribution is 2.17. The number of aryl methyl sites for hydroxylation is 2. The van der Waals surface area contributed by atoms with Crippen molar-refractivity contribution in [3.63, 3.8) is 0 Å². The van der Waals surface area contributed by atoms with Crippen LogP contribution in [0.4, 0.5) is 0 Å². The number of aromatic amines is 1. The zero-order valence-electron chi connectivity index (χ0n) is 12.3. The lowest BCUT2D eigenvalue weighted by atomic mass is 10.1. The van der Waals surface area contributed by atoms with Gasteiger partial charge >= 0.3 is 0 Å². The first-order valence-electron chi connectivity index (χ1n) is 6.65. The van der Waals surface area contributed by atoms with Crippen molar-refractivity contribution in [3.05, 3.63) is 46.8 Å². The van der Waals surface area contributed by atoms with Crippen molar-refractivity contribution < 1.29 is 8.42 Å². The van der Waals surface area contributed by atoms with Gasteiger partial charge < -0.3 is 5.32 Å². The second-order valence-electron chi connectivity index (χ2n) is 5.13. The first-order chi connectivity index (χ1) is 9.79. The minimum absolute atomic E-state index is 0.0910. The summed E-state index contributed by atoms with van der Waals surface area (Å²) in [5.41, 5.74) is 4.19. The highest BCUT2D eigenvalue weighted by Gasteiger charge is 2.11. The molecule has 1 aromatic heterocycles. The highest BCUT2D eigenvalue weighted by molar-refractivity contribution is 7.89. The maximum absolute atomic E-state index is 11.2. The first kappa shape index (κ1) is 15.7. The van der Waals surface area contributed by atoms with E-state index in [4.69, 9.17) is 5.14 Å². The average molecular weight is 308 g/mol. The summed E-state index contributed by atoms with van der Waals surface area (Å²) in [6, 6.07) is 6.68. The number of hydrogen-bond acceptors (Lipinski definition) is 4. The number of benzene rings is 1. The van der Waals surface area contributed by atoms with Gasteiger partial charge in [-0.05, 0) is 38.5 Å². The van der Waals surface area contributed by atoms with Gasteiger partial charge in [0.1, 0.15) is 0 Å². The lowest BCUT2D eigenvalue weighted by molar-refractivity contribution is 0.571. The predicted octanol–water partition coefficient (Wildman–Crippen LogP) is 1.52. The molecule has 0 aliphatic heterocycles. The van der Waals surface area contributed by atoms with E-state index in [1.54, 1.807) is 12.1 Å². The number of sulfonamides is 1. The van der Waals surface area contributed by atoms with Crippen LogP contribution in [-0.2, 0) is 16.6 Å². The Bertz CT molecular complexity index is 700. The minimum atomic E-state index is -3.64. The maximum Gasteiger partial charge on any atom is 0.238 e. The van der Waals surface area contributed by atoms with Crippen molar-refractivity contribution in [2.75, 3.05) is 0 Å². The number of nitrogens with one attached hydrogen (secondary N) is 2. The van der Waals surface area contributed by atoms with Crippen LogP contribution in [0.15, 0.2) is 29.2 Å². The summed E-state index contributed by atoms with van der Waals surface area (Å²) in [7, 11) is -3.64. The number of nitrogens with two attached hydrogens (primary N) is 1. The Morgan fingerprint density at radius 3 is 2.38 bits per heavy atom. The Kier molecular flexibility index (Phi) is 4.46. The molecule has 0 aliphatic rings. The van der Waals surface area contributed by atoms with E-state index in [9.17, 15) is 8.42 Å². The molecule has 114 valence electrons. The molecular formula is C14H20N4O2S. The molecule has 0 fully saturated rings. The van der Waals surface area contributed by atoms with Crippen LogP contribution in [0.5, 0.6) is 0 Å². The van der Waals surface area contributed by atoms with Crippen molar-refractivity contribution in [2.45, 2.75) is 38.3 Å². The second-order valence-corrected chi connectivity index (χ2v) is 6.69. The van der Waals surface area contributed by atoms with Crippen LogP contribution in [0.1, 0.15) is 35.5 Å². The van der Waals surface area contributed by atoms with Crippen molar-refractivity contribution in [1.29, 1.82) is 0 Å². The van der Waals surface area contributed by atoms with E-state index in [0.717, 1.165) is 22.5 Å². The first-order valence-corrected chi connectivity index (χ1v) is 8.20. The van der Waals surface area contributed by atoms with Crippen LogP contribution in [0.2, 0.25) is 0 Å². The normalized spacial score (nSPS) is 13.3. The number of nitrogens with zero attached hydrogens (tertiary/aromatic N) is 1. The molecule has 1 unspecified atom stereocenters. The summed E-state index contributed by atoms with van der Waals surface area (Å²) in [6.45, 7) is 6.68. The van der Waals surface area contributed by atoms with Gasteiger partial charge in [0.25, 0.3) is 0 Å². The van der Waals surface area contributed by atoms with Gasteiger partial charge in [-0.1, -0.05) is 12.1 Å². The summed E-state index contributed by atoms with van der Waals surface area (Å²) in [4.78, 5) is 0.125. The van der Waals surface area contributed by atoms with Crippen LogP contribution in [0.25, 0.3) is 0 Å². The molecule has 4 N–H and O–H groups in total. The van der Waals surface area contributed by atoms with Crippen molar-refractivity contribution in [1.82, 2.24) is 15.5 Å². The van der Waals surface area contributed by atoms with Crippen molar-refractivity contribution in [3.8, 4) is 0 Å². The standard InChI is InChI=1S/C14H20N4O2S/c1-9(16-8-14-10(2)17-18-11(14)3)12-4-6-13(7-5-12)21(15,19)20/h4-7,9,16H,8H2,1-3H3,(H,17,18)(H2,15,19,20). The topological polar surface area (TPSA) is 101 Å². The average Bonchev–Trinajstić information content (AvgIpc) is 2.75. The van der Waals surface area contributed by atoms with Crippen LogP contribution in [-0.4, -0.2) is 18.6 Å². The number of hydrogen-bond donors (Lipinski definition) is 3. The maximum atomic E-state index is 11.2. The Balaban J connectivity index is 2.05. The molecule has 21 heavy (non-hydrogen) atoms. The largest absolute Gasteiger partial charge is 0.306 e. The predicted molar refractivity (Wildman–Crippen MR) is 81.1 cm³/mol. The van der Waals surface area contributed by atoms with Crippen LogP contribution in [0.3, 0.4) is 0 Å². The van der Waals surface area contributed by atoms with Crippen LogP contribution in [0, 0.1) is 13.8 Å². The van der Waals surface area contributed by atoms with Crippen molar-refractivity contribution >= 4 is 10.0 Å². The van der Waals surface area contributed by atoms with E-state index in [1.165, 1.54) is 12.1 Å². The van der Waals surface area contributed by atoms with E-state index in [1.807, 2.05) is 20.8 Å². The van der Waals surface area contributed by atoms with Crippen molar-refractivity contribution in [2.24, 2.45) is 5.14 Å². The lowest BCUT2D eigenvalue weighted by Gasteiger charge is -2.15. The quantitative estimate of drug-likeness (QED) is 0.779. The smallest absolute Gasteiger partial charge is 0.238 e. The Hall–Kier alpha value is -1.70. The number of rotatable bonds is 5. The lowest BCUT2D eigenvalue weighted by Crippen LogP contribution is -2.19. The molecule has 2 aromatic rings. The molecule has 1 aromatic carbocycles. The zero-order valence-corrected chi connectivity index (χ0v) is 13.2. The molecule has 1 atom stereocenters. The second kappa shape index (κ2) is 5.97. The summed E-state index contributed by atoms with van der Waals surface area (Å²) >= 11 is 0. The highest BCUT2D eigenvalue weighted by atomic mass is 32.2. The molecule has 0 saturated heterocycles. The summed E-state index contributed by atoms with van der Waals surface area (Å²) in [5, 5.41) is 15.6. The van der Waals surface area contributed by atoms with E-state index in [2.05, 4.69) is 15.5 Å². The minimum Gasteiger partial charge on any atom is -0.306 e. The Morgan fingerprint density at radius 1 is 1.29 bits per heavy atom. The SMILES string of the molecule is Cc1n[nH]c(C)c1CNC(C)c1ccc(S(N)(=O)=O)cc1. The van der Waals surface area contributed by atoms with Gasteiger partial charge in [0, 0.05) is 23.8 Å². The fourth-order valence-corrected chi connectivity index (χ4v) is 2.67. The third-order valence-electron chi connectivity index (χ3n) is 3.57. The molecule has 7 heteroatoms. The Morgan fingerprint density at radius 2 is 1.90 bits per heavy atom. The van der Waals surface area contributed by atoms with Gasteiger partial charge in [0.2, 0.25) is 10.0 Å². The molecule has 0 saturated carbocycles. The van der Waals surface area contributed by atoms with E-state index < -0.39 is 10.0 Å². The van der Waals surface area contributed by atoms with Gasteiger partial charge in [-0.15, -0.1) is 0 Å². The molecular weight excluding hydrogens is 288 g/mol. The Labute approximate surface area is 124 Å². The van der Waals surface area contributed by atoms with Gasteiger partial charge in [0.05, 0.1) is 10.6 Å². The molecule has 0 amide bonds. The molecule has 0 spiro atoms. The van der Waals surface area contributed by atoms with Gasteiger partial charge in [0.15, 0.2) is 0 Å². The monoisotopic (exact) mass is 308 g/mol. The number of aromatic nitrogens is 2. The third kappa shape index (κ3) is 3.69.